The Hall–Kier alpha value is -5.87. The Bertz CT molecular complexity index is 2100. The third-order valence-electron chi connectivity index (χ3n) is 7.73. The number of H-pyrrole nitrogens is 1. The number of hydrogen-bond acceptors (Lipinski definition) is 6. The van der Waals surface area contributed by atoms with Gasteiger partial charge in [-0.15, -0.1) is 0 Å². The number of aryl methyl sites for hydroxylation is 1. The normalized spacial score (nSPS) is 11.2. The lowest BCUT2D eigenvalue weighted by molar-refractivity contribution is -0.125. The molecule has 5 N–H and O–H groups in total. The summed E-state index contributed by atoms with van der Waals surface area (Å²) in [5, 5.41) is 2.90. The summed E-state index contributed by atoms with van der Waals surface area (Å²) in [6, 6.07) is 20.9. The number of halogens is 1. The van der Waals surface area contributed by atoms with Gasteiger partial charge in [0.2, 0.25) is 11.8 Å². The lowest BCUT2D eigenvalue weighted by Crippen LogP contribution is -2.24. The first-order valence-electron chi connectivity index (χ1n) is 15.2. The number of nitrogens with two attached hydrogens (primary N) is 2. The molecule has 2 amide bonds. The van der Waals surface area contributed by atoms with Gasteiger partial charge in [-0.05, 0) is 70.8 Å². The number of carbonyl (C=O) groups excluding carboxylic acids is 2. The van der Waals surface area contributed by atoms with Gasteiger partial charge in [-0.3, -0.25) is 9.59 Å². The van der Waals surface area contributed by atoms with Crippen LogP contribution in [0, 0.1) is 0 Å². The summed E-state index contributed by atoms with van der Waals surface area (Å²) in [5.74, 6) is 0.767. The molecule has 4 aromatic heterocycles. The maximum absolute atomic E-state index is 12.4. The molecule has 10 nitrogen and oxygen atoms in total. The van der Waals surface area contributed by atoms with Gasteiger partial charge in [-0.1, -0.05) is 41.9 Å². The highest BCUT2D eigenvalue weighted by atomic mass is 35.5. The van der Waals surface area contributed by atoms with Gasteiger partial charge in [-0.25, -0.2) is 9.97 Å². The third kappa shape index (κ3) is 8.28. The summed E-state index contributed by atoms with van der Waals surface area (Å²) < 4.78 is 1.99. The minimum absolute atomic E-state index is 0.0629. The van der Waals surface area contributed by atoms with E-state index in [2.05, 4.69) is 21.0 Å². The van der Waals surface area contributed by atoms with E-state index in [1.807, 2.05) is 72.5 Å². The van der Waals surface area contributed by atoms with Crippen LogP contribution < -0.4 is 11.5 Å². The summed E-state index contributed by atoms with van der Waals surface area (Å²) >= 11 is 6.28. The van der Waals surface area contributed by atoms with Crippen molar-refractivity contribution in [2.75, 3.05) is 25.6 Å². The number of carbonyl (C=O) groups is 2. The molecule has 0 aliphatic rings. The molecule has 244 valence electrons. The average Bonchev–Trinajstić information content (AvgIpc) is 3.64. The molecule has 0 fully saturated rings. The van der Waals surface area contributed by atoms with E-state index in [9.17, 15) is 9.59 Å². The number of fused-ring (bicyclic) bond motifs is 2. The van der Waals surface area contributed by atoms with Crippen LogP contribution in [-0.2, 0) is 29.7 Å². The molecule has 0 radical (unpaired) electrons. The second kappa shape index (κ2) is 15.1. The number of rotatable bonds is 8. The number of nitrogen functional groups attached to an aromatic ring is 2. The van der Waals surface area contributed by atoms with E-state index in [0.717, 1.165) is 44.1 Å². The zero-order valence-electron chi connectivity index (χ0n) is 27.0. The van der Waals surface area contributed by atoms with Gasteiger partial charge >= 0.3 is 0 Å². The zero-order valence-corrected chi connectivity index (χ0v) is 27.7. The maximum atomic E-state index is 12.4. The van der Waals surface area contributed by atoms with E-state index in [-0.39, 0.29) is 11.8 Å². The summed E-state index contributed by atoms with van der Waals surface area (Å²) in [4.78, 5) is 39.1. The number of nitrogens with one attached hydrogen (secondary N) is 1. The molecule has 2 aromatic carbocycles. The Morgan fingerprint density at radius 2 is 1.35 bits per heavy atom. The Balaban J connectivity index is 0.000000188. The van der Waals surface area contributed by atoms with Gasteiger partial charge in [0.05, 0.1) is 10.5 Å². The molecule has 6 rings (SSSR count). The highest BCUT2D eigenvalue weighted by Crippen LogP contribution is 2.28. The number of para-hydroxylation sites is 2. The molecule has 0 saturated heterocycles. The zero-order chi connectivity index (χ0) is 34.2. The van der Waals surface area contributed by atoms with Gasteiger partial charge < -0.3 is 30.8 Å². The molecule has 0 unspecified atom stereocenters. The van der Waals surface area contributed by atoms with Crippen LogP contribution in [0.1, 0.15) is 22.3 Å². The quantitative estimate of drug-likeness (QED) is 0.164. The minimum Gasteiger partial charge on any atom is -0.384 e. The van der Waals surface area contributed by atoms with Crippen LogP contribution in [0.2, 0.25) is 5.02 Å². The van der Waals surface area contributed by atoms with Crippen molar-refractivity contribution < 1.29 is 9.59 Å². The summed E-state index contributed by atoms with van der Waals surface area (Å²) in [7, 11) is 5.51. The smallest absolute Gasteiger partial charge is 0.246 e. The molecule has 0 aliphatic carbocycles. The van der Waals surface area contributed by atoms with Crippen LogP contribution >= 0.6 is 11.6 Å². The van der Waals surface area contributed by atoms with E-state index < -0.39 is 0 Å². The Labute approximate surface area is 284 Å². The number of anilines is 2. The first-order chi connectivity index (χ1) is 23.1. The highest BCUT2D eigenvalue weighted by molar-refractivity contribution is 6.35. The summed E-state index contributed by atoms with van der Waals surface area (Å²) in [6.45, 7) is 1.05. The molecule has 0 atom stereocenters. The number of pyridine rings is 2. The number of amides is 2. The second-order valence-corrected chi connectivity index (χ2v) is 11.8. The van der Waals surface area contributed by atoms with Gasteiger partial charge in [0.15, 0.2) is 0 Å². The van der Waals surface area contributed by atoms with Crippen molar-refractivity contribution in [3.8, 4) is 0 Å². The molecular formula is C37H37ClN8O2. The van der Waals surface area contributed by atoms with E-state index >= 15 is 0 Å². The Kier molecular flexibility index (Phi) is 10.6. The van der Waals surface area contributed by atoms with E-state index in [1.54, 1.807) is 66.6 Å². The van der Waals surface area contributed by atoms with Crippen molar-refractivity contribution in [3.05, 3.63) is 131 Å². The van der Waals surface area contributed by atoms with Crippen LogP contribution in [0.3, 0.4) is 0 Å². The first kappa shape index (κ1) is 33.5. The number of aromatic amines is 1. The van der Waals surface area contributed by atoms with Crippen LogP contribution in [-0.4, -0.2) is 55.2 Å². The van der Waals surface area contributed by atoms with Gasteiger partial charge in [-0.2, -0.15) is 0 Å². The van der Waals surface area contributed by atoms with Crippen molar-refractivity contribution in [2.24, 2.45) is 7.05 Å². The largest absolute Gasteiger partial charge is 0.384 e. The number of hydrogen-bond donors (Lipinski definition) is 3. The Morgan fingerprint density at radius 1 is 0.792 bits per heavy atom. The summed E-state index contributed by atoms with van der Waals surface area (Å²) in [5.41, 5.74) is 17.0. The maximum Gasteiger partial charge on any atom is 0.246 e. The summed E-state index contributed by atoms with van der Waals surface area (Å²) in [6.07, 6.45) is 13.8. The van der Waals surface area contributed by atoms with Crippen molar-refractivity contribution in [3.63, 3.8) is 0 Å². The predicted molar refractivity (Wildman–Crippen MR) is 195 cm³/mol. The second-order valence-electron chi connectivity index (χ2n) is 11.3. The standard InChI is InChI=1S/C19H19ClN4O.C18H18N4O/c1-23(18(25)9-7-13-6-8-17(21)22-10-13)11-14-12-24(2)19-15(14)4-3-5-16(19)20;1-22(12-14-11-20-16-5-3-2-4-15(14)16)18(23)9-7-13-6-8-17(19)21-10-13/h3-10,12H,11H2,1-2H3,(H2,21,22);2-11,20H,12H2,1H3,(H2,19,21)/b2*9-7+. The molecule has 0 bridgehead atoms. The number of benzene rings is 2. The molecule has 11 heteroatoms. The number of nitrogens with zero attached hydrogens (tertiary/aromatic N) is 5. The van der Waals surface area contributed by atoms with Crippen molar-refractivity contribution >= 4 is 69.0 Å². The topological polar surface area (TPSA) is 139 Å². The van der Waals surface area contributed by atoms with Crippen LogP contribution in [0.15, 0.2) is 104 Å². The molecule has 0 aliphatic heterocycles. The molecule has 0 saturated carbocycles. The van der Waals surface area contributed by atoms with Gasteiger partial charge in [0.1, 0.15) is 11.6 Å². The van der Waals surface area contributed by atoms with Gasteiger partial charge in [0, 0.05) is 87.5 Å². The fraction of sp³-hybridized carbons (Fsp3) is 0.135. The molecule has 0 spiro atoms. The predicted octanol–water partition coefficient (Wildman–Crippen LogP) is 6.30. The third-order valence-corrected chi connectivity index (χ3v) is 8.04. The highest BCUT2D eigenvalue weighted by Gasteiger charge is 2.13. The lowest BCUT2D eigenvalue weighted by atomic mass is 10.1. The lowest BCUT2D eigenvalue weighted by Gasteiger charge is -2.14. The van der Waals surface area contributed by atoms with E-state index in [0.29, 0.717) is 29.7 Å². The van der Waals surface area contributed by atoms with Crippen molar-refractivity contribution in [2.45, 2.75) is 13.1 Å². The fourth-order valence-corrected chi connectivity index (χ4v) is 5.48. The molecule has 48 heavy (non-hydrogen) atoms. The van der Waals surface area contributed by atoms with Crippen LogP contribution in [0.25, 0.3) is 34.0 Å². The molecule has 6 aromatic rings. The molecule has 4 heterocycles. The van der Waals surface area contributed by atoms with Crippen LogP contribution in [0.4, 0.5) is 11.6 Å². The average molecular weight is 661 g/mol. The monoisotopic (exact) mass is 660 g/mol. The van der Waals surface area contributed by atoms with E-state index in [4.69, 9.17) is 23.1 Å². The Morgan fingerprint density at radius 3 is 1.94 bits per heavy atom. The number of likely N-dealkylation sites (N-methyl/N-ethyl adjacent to an activating group) is 2. The molecular weight excluding hydrogens is 624 g/mol. The van der Waals surface area contributed by atoms with E-state index in [1.165, 1.54) is 6.08 Å². The van der Waals surface area contributed by atoms with Gasteiger partial charge in [0.25, 0.3) is 0 Å². The van der Waals surface area contributed by atoms with Crippen molar-refractivity contribution in [1.29, 1.82) is 0 Å². The first-order valence-corrected chi connectivity index (χ1v) is 15.5. The van der Waals surface area contributed by atoms with Crippen LogP contribution in [0.5, 0.6) is 0 Å². The number of aromatic nitrogens is 4. The fourth-order valence-electron chi connectivity index (χ4n) is 5.18. The van der Waals surface area contributed by atoms with Crippen molar-refractivity contribution in [1.82, 2.24) is 29.3 Å². The minimum atomic E-state index is -0.0872. The SMILES string of the molecule is CN(Cc1c[nH]c2ccccc12)C(=O)/C=C/c1ccc(N)nc1.CN(Cc1cn(C)c2c(Cl)cccc12)C(=O)/C=C/c1ccc(N)nc1.